The Morgan fingerprint density at radius 1 is 0.826 bits per heavy atom. The van der Waals surface area contributed by atoms with Gasteiger partial charge in [-0.25, -0.2) is 0 Å². The molecule has 1 nitrogen and oxygen atoms in total. The number of ketones is 1. The molecule has 126 valence electrons. The zero-order valence-corrected chi connectivity index (χ0v) is 14.9. The van der Waals surface area contributed by atoms with Gasteiger partial charge in [-0.05, 0) is 43.1 Å². The molecule has 0 unspecified atom stereocenters. The van der Waals surface area contributed by atoms with Crippen LogP contribution in [0.25, 0.3) is 0 Å². The molecule has 0 aromatic heterocycles. The Morgan fingerprint density at radius 3 is 1.91 bits per heavy atom. The van der Waals surface area contributed by atoms with Gasteiger partial charge in [-0.2, -0.15) is 0 Å². The van der Waals surface area contributed by atoms with Crippen molar-refractivity contribution in [3.05, 3.63) is 35.4 Å². The van der Waals surface area contributed by atoms with E-state index in [2.05, 4.69) is 38.1 Å². The van der Waals surface area contributed by atoms with Gasteiger partial charge in [-0.15, -0.1) is 0 Å². The summed E-state index contributed by atoms with van der Waals surface area (Å²) in [5.74, 6) is 1.63. The highest BCUT2D eigenvalue weighted by Gasteiger charge is 2.37. The van der Waals surface area contributed by atoms with Crippen molar-refractivity contribution in [1.82, 2.24) is 0 Å². The topological polar surface area (TPSA) is 17.1 Å². The van der Waals surface area contributed by atoms with Gasteiger partial charge in [0.2, 0.25) is 0 Å². The highest BCUT2D eigenvalue weighted by molar-refractivity contribution is 6.00. The molecule has 0 heterocycles. The van der Waals surface area contributed by atoms with E-state index in [4.69, 9.17) is 0 Å². The van der Waals surface area contributed by atoms with Gasteiger partial charge in [0.15, 0.2) is 5.78 Å². The summed E-state index contributed by atoms with van der Waals surface area (Å²) in [6.07, 6.45) is 13.1. The minimum absolute atomic E-state index is 0.216. The Hall–Kier alpha value is -1.11. The van der Waals surface area contributed by atoms with Crippen LogP contribution in [0.15, 0.2) is 24.3 Å². The fourth-order valence-corrected chi connectivity index (χ4v) is 4.72. The monoisotopic (exact) mass is 312 g/mol. The Balaban J connectivity index is 1.71. The second-order valence-corrected chi connectivity index (χ2v) is 8.34. The van der Waals surface area contributed by atoms with Crippen LogP contribution in [-0.2, 0) is 0 Å². The van der Waals surface area contributed by atoms with Crippen molar-refractivity contribution in [2.75, 3.05) is 0 Å². The second-order valence-electron chi connectivity index (χ2n) is 8.34. The standard InChI is InChI=1S/C22H32O/c1-22(2,20-11-7-4-8-12-20)21(23)19-15-13-18(14-16-19)17-9-5-3-6-10-17/h13-17,20H,3-12H2,1-2H3. The van der Waals surface area contributed by atoms with E-state index in [0.29, 0.717) is 11.7 Å². The van der Waals surface area contributed by atoms with Gasteiger partial charge in [0.05, 0.1) is 0 Å². The maximum absolute atomic E-state index is 13.1. The Labute approximate surface area is 141 Å². The molecule has 0 spiro atoms. The lowest BCUT2D eigenvalue weighted by molar-refractivity contribution is 0.0690. The predicted molar refractivity (Wildman–Crippen MR) is 97.0 cm³/mol. The molecule has 1 aromatic carbocycles. The van der Waals surface area contributed by atoms with Gasteiger partial charge in [-0.3, -0.25) is 4.79 Å². The lowest BCUT2D eigenvalue weighted by Gasteiger charge is -2.36. The molecule has 0 atom stereocenters. The quantitative estimate of drug-likeness (QED) is 0.578. The third-order valence-corrected chi connectivity index (χ3v) is 6.46. The van der Waals surface area contributed by atoms with E-state index in [0.717, 1.165) is 11.5 Å². The number of hydrogen-bond acceptors (Lipinski definition) is 1. The maximum atomic E-state index is 13.1. The molecular weight excluding hydrogens is 280 g/mol. The number of hydrogen-bond donors (Lipinski definition) is 0. The van der Waals surface area contributed by atoms with Crippen molar-refractivity contribution in [3.8, 4) is 0 Å². The van der Waals surface area contributed by atoms with Crippen LogP contribution in [-0.4, -0.2) is 5.78 Å². The zero-order chi connectivity index (χ0) is 16.3. The summed E-state index contributed by atoms with van der Waals surface area (Å²) < 4.78 is 0. The summed E-state index contributed by atoms with van der Waals surface area (Å²) in [5.41, 5.74) is 2.14. The molecule has 0 saturated heterocycles. The molecule has 1 aromatic rings. The molecule has 2 aliphatic rings. The molecule has 0 aliphatic heterocycles. The first-order valence-electron chi connectivity index (χ1n) is 9.74. The van der Waals surface area contributed by atoms with Gasteiger partial charge < -0.3 is 0 Å². The van der Waals surface area contributed by atoms with Crippen molar-refractivity contribution in [1.29, 1.82) is 0 Å². The molecule has 0 radical (unpaired) electrons. The molecule has 0 amide bonds. The fraction of sp³-hybridized carbons (Fsp3) is 0.682. The Kier molecular flexibility index (Phi) is 5.24. The van der Waals surface area contributed by atoms with Crippen molar-refractivity contribution in [2.45, 2.75) is 84.0 Å². The van der Waals surface area contributed by atoms with Crippen molar-refractivity contribution in [2.24, 2.45) is 11.3 Å². The minimum Gasteiger partial charge on any atom is -0.294 e. The normalized spacial score (nSPS) is 21.3. The van der Waals surface area contributed by atoms with Gasteiger partial charge in [0.25, 0.3) is 0 Å². The predicted octanol–water partition coefficient (Wildman–Crippen LogP) is 6.52. The van der Waals surface area contributed by atoms with Crippen molar-refractivity contribution >= 4 is 5.78 Å². The van der Waals surface area contributed by atoms with E-state index >= 15 is 0 Å². The SMILES string of the molecule is CC(C)(C(=O)c1ccc(C2CCCCC2)cc1)C1CCCCC1. The molecule has 2 saturated carbocycles. The highest BCUT2D eigenvalue weighted by Crippen LogP contribution is 2.41. The summed E-state index contributed by atoms with van der Waals surface area (Å²) in [6, 6.07) is 8.63. The van der Waals surface area contributed by atoms with Gasteiger partial charge in [0, 0.05) is 11.0 Å². The Morgan fingerprint density at radius 2 is 1.35 bits per heavy atom. The summed E-state index contributed by atoms with van der Waals surface area (Å²) in [6.45, 7) is 4.33. The van der Waals surface area contributed by atoms with Gasteiger partial charge in [-0.1, -0.05) is 76.6 Å². The second kappa shape index (κ2) is 7.20. The first kappa shape index (κ1) is 16.7. The summed E-state index contributed by atoms with van der Waals surface area (Å²) in [4.78, 5) is 13.1. The van der Waals surface area contributed by atoms with Crippen molar-refractivity contribution in [3.63, 3.8) is 0 Å². The molecule has 3 rings (SSSR count). The van der Waals surface area contributed by atoms with Gasteiger partial charge in [0.1, 0.15) is 0 Å². The molecule has 0 N–H and O–H groups in total. The maximum Gasteiger partial charge on any atom is 0.168 e. The molecular formula is C22H32O. The van der Waals surface area contributed by atoms with Crippen LogP contribution in [0, 0.1) is 11.3 Å². The molecule has 2 aliphatic carbocycles. The minimum atomic E-state index is -0.216. The lowest BCUT2D eigenvalue weighted by atomic mass is 9.67. The van der Waals surface area contributed by atoms with Crippen LogP contribution in [0.2, 0.25) is 0 Å². The van der Waals surface area contributed by atoms with Gasteiger partial charge >= 0.3 is 0 Å². The molecule has 2 fully saturated rings. The average Bonchev–Trinajstić information content (AvgIpc) is 2.63. The lowest BCUT2D eigenvalue weighted by Crippen LogP contribution is -2.34. The number of Topliss-reactive ketones (excluding diaryl/α,β-unsaturated/α-hetero) is 1. The van der Waals surface area contributed by atoms with E-state index in [1.165, 1.54) is 69.8 Å². The van der Waals surface area contributed by atoms with E-state index in [-0.39, 0.29) is 5.41 Å². The Bertz CT molecular complexity index is 513. The smallest absolute Gasteiger partial charge is 0.168 e. The van der Waals surface area contributed by atoms with Crippen LogP contribution in [0.4, 0.5) is 0 Å². The number of carbonyl (C=O) groups excluding carboxylic acids is 1. The van der Waals surface area contributed by atoms with E-state index in [1.807, 2.05) is 0 Å². The number of rotatable bonds is 4. The van der Waals surface area contributed by atoms with Crippen LogP contribution >= 0.6 is 0 Å². The highest BCUT2D eigenvalue weighted by atomic mass is 16.1. The molecule has 0 bridgehead atoms. The first-order valence-corrected chi connectivity index (χ1v) is 9.74. The third-order valence-electron chi connectivity index (χ3n) is 6.46. The fourth-order valence-electron chi connectivity index (χ4n) is 4.72. The van der Waals surface area contributed by atoms with Crippen LogP contribution in [0.1, 0.15) is 99.9 Å². The van der Waals surface area contributed by atoms with Crippen molar-refractivity contribution < 1.29 is 4.79 Å². The van der Waals surface area contributed by atoms with Crippen LogP contribution < -0.4 is 0 Å². The average molecular weight is 312 g/mol. The summed E-state index contributed by atoms with van der Waals surface area (Å²) in [5, 5.41) is 0. The molecule has 1 heteroatoms. The largest absolute Gasteiger partial charge is 0.294 e. The van der Waals surface area contributed by atoms with Crippen LogP contribution in [0.5, 0.6) is 0 Å². The number of benzene rings is 1. The summed E-state index contributed by atoms with van der Waals surface area (Å²) in [7, 11) is 0. The van der Waals surface area contributed by atoms with E-state index in [1.54, 1.807) is 0 Å². The number of carbonyl (C=O) groups is 1. The summed E-state index contributed by atoms with van der Waals surface area (Å²) >= 11 is 0. The van der Waals surface area contributed by atoms with E-state index < -0.39 is 0 Å². The van der Waals surface area contributed by atoms with Crippen LogP contribution in [0.3, 0.4) is 0 Å². The third kappa shape index (κ3) is 3.70. The first-order chi connectivity index (χ1) is 11.1. The zero-order valence-electron chi connectivity index (χ0n) is 14.9. The van der Waals surface area contributed by atoms with E-state index in [9.17, 15) is 4.79 Å². The molecule has 23 heavy (non-hydrogen) atoms.